The first-order valence-electron chi connectivity index (χ1n) is 33.8. The van der Waals surface area contributed by atoms with E-state index in [0.717, 1.165) is 180 Å². The van der Waals surface area contributed by atoms with Crippen molar-refractivity contribution in [1.82, 2.24) is 0 Å². The average molecular weight is 1180 g/mol. The van der Waals surface area contributed by atoms with Gasteiger partial charge in [-0.1, -0.05) is 221 Å². The van der Waals surface area contributed by atoms with E-state index in [2.05, 4.69) is 40.9 Å². The van der Waals surface area contributed by atoms with Crippen molar-refractivity contribution >= 4 is 23.9 Å². The molecular formula is C72H118O12. The first-order valence-corrected chi connectivity index (χ1v) is 33.8. The van der Waals surface area contributed by atoms with E-state index >= 15 is 0 Å². The Morgan fingerprint density at radius 1 is 0.369 bits per heavy atom. The largest absolute Gasteiger partial charge is 0.494 e. The van der Waals surface area contributed by atoms with Gasteiger partial charge in [-0.15, -0.1) is 0 Å². The molecular weight excluding hydrogens is 1060 g/mol. The molecule has 0 bridgehead atoms. The molecule has 2 rings (SSSR count). The monoisotopic (exact) mass is 1170 g/mol. The summed E-state index contributed by atoms with van der Waals surface area (Å²) >= 11 is 0. The van der Waals surface area contributed by atoms with E-state index in [1.54, 1.807) is 48.5 Å². The summed E-state index contributed by atoms with van der Waals surface area (Å²) in [5.74, 6) is -0.985. The van der Waals surface area contributed by atoms with Crippen LogP contribution in [0.3, 0.4) is 0 Å². The van der Waals surface area contributed by atoms with Gasteiger partial charge in [-0.05, 0) is 126 Å². The summed E-state index contributed by atoms with van der Waals surface area (Å²) in [6.07, 6.45) is 36.3. The lowest BCUT2D eigenvalue weighted by Crippen LogP contribution is -2.61. The molecule has 12 nitrogen and oxygen atoms in total. The molecule has 0 spiro atoms. The van der Waals surface area contributed by atoms with Gasteiger partial charge in [0.15, 0.2) is 12.2 Å². The number of esters is 4. The number of carbonyl (C=O) groups excluding carboxylic acids is 4. The van der Waals surface area contributed by atoms with E-state index in [1.807, 2.05) is 0 Å². The summed E-state index contributed by atoms with van der Waals surface area (Å²) in [6.45, 7) is 17.4. The normalized spacial score (nSPS) is 12.3. The van der Waals surface area contributed by atoms with Gasteiger partial charge in [0, 0.05) is 12.2 Å². The van der Waals surface area contributed by atoms with Crippen molar-refractivity contribution in [3.05, 3.63) is 85.0 Å². The molecule has 0 aliphatic heterocycles. The predicted octanol–water partition coefficient (Wildman–Crippen LogP) is 18.8. The fourth-order valence-electron chi connectivity index (χ4n) is 11.0. The van der Waals surface area contributed by atoms with E-state index in [9.17, 15) is 29.4 Å². The molecule has 0 radical (unpaired) electrons. The predicted molar refractivity (Wildman–Crippen MR) is 342 cm³/mol. The van der Waals surface area contributed by atoms with Gasteiger partial charge in [0.1, 0.15) is 22.7 Å². The second-order valence-electron chi connectivity index (χ2n) is 23.7. The van der Waals surface area contributed by atoms with Crippen LogP contribution < -0.4 is 9.47 Å². The van der Waals surface area contributed by atoms with Gasteiger partial charge in [0.25, 0.3) is 0 Å². The number of rotatable bonds is 57. The summed E-state index contributed by atoms with van der Waals surface area (Å²) in [7, 11) is 0. The number of hydrogen-bond donors (Lipinski definition) is 2. The number of unbranched alkanes of at least 4 members (excludes halogenated alkanes) is 30. The molecule has 0 aliphatic rings. The number of carbonyl (C=O) groups is 4. The van der Waals surface area contributed by atoms with Crippen LogP contribution in [0, 0.1) is 0 Å². The van der Waals surface area contributed by atoms with Gasteiger partial charge in [-0.3, -0.25) is 0 Å². The summed E-state index contributed by atoms with van der Waals surface area (Å²) in [6, 6.07) is 13.7. The van der Waals surface area contributed by atoms with E-state index < -0.39 is 47.3 Å². The van der Waals surface area contributed by atoms with Crippen LogP contribution >= 0.6 is 0 Å². The fraction of sp³-hybridized carbons (Fsp3) is 0.722. The Hall–Kier alpha value is -4.68. The molecule has 2 N–H and O–H groups in total. The van der Waals surface area contributed by atoms with Crippen molar-refractivity contribution in [2.45, 2.75) is 308 Å². The number of hydrogen-bond acceptors (Lipinski definition) is 12. The van der Waals surface area contributed by atoms with Gasteiger partial charge in [0.05, 0.1) is 37.6 Å². The third kappa shape index (κ3) is 35.1. The Kier molecular flexibility index (Phi) is 44.4. The number of benzene rings is 2. The Morgan fingerprint density at radius 3 is 0.869 bits per heavy atom. The van der Waals surface area contributed by atoms with Crippen LogP contribution in [0.2, 0.25) is 0 Å². The smallest absolute Gasteiger partial charge is 0.338 e. The maximum atomic E-state index is 15.0. The number of aliphatic hydroxyl groups is 2. The van der Waals surface area contributed by atoms with Crippen LogP contribution in [-0.4, -0.2) is 83.9 Å². The van der Waals surface area contributed by atoms with Crippen molar-refractivity contribution in [1.29, 1.82) is 0 Å². The molecule has 2 unspecified atom stereocenters. The summed E-state index contributed by atoms with van der Waals surface area (Å²) < 4.78 is 35.9. The average Bonchev–Trinajstić information content (AvgIpc) is 2.68. The van der Waals surface area contributed by atoms with Gasteiger partial charge in [0.2, 0.25) is 0 Å². The quantitative estimate of drug-likeness (QED) is 0.0279. The van der Waals surface area contributed by atoms with Crippen molar-refractivity contribution in [3.8, 4) is 11.5 Å². The fourth-order valence-corrected chi connectivity index (χ4v) is 11.0. The molecule has 0 saturated carbocycles. The van der Waals surface area contributed by atoms with Crippen LogP contribution in [0.5, 0.6) is 11.5 Å². The highest BCUT2D eigenvalue weighted by Gasteiger charge is 2.54. The molecule has 12 heteroatoms. The minimum Gasteiger partial charge on any atom is -0.494 e. The van der Waals surface area contributed by atoms with Crippen molar-refractivity contribution in [2.24, 2.45) is 0 Å². The second kappa shape index (κ2) is 49.4. The van der Waals surface area contributed by atoms with E-state index in [4.69, 9.17) is 28.4 Å². The molecule has 2 aromatic rings. The van der Waals surface area contributed by atoms with Gasteiger partial charge in [-0.25, -0.2) is 19.2 Å². The van der Waals surface area contributed by atoms with Crippen LogP contribution in [0.25, 0.3) is 0 Å². The minimum absolute atomic E-state index is 0.257. The lowest BCUT2D eigenvalue weighted by atomic mass is 9.74. The first kappa shape index (κ1) is 75.4. The molecule has 84 heavy (non-hydrogen) atoms. The summed E-state index contributed by atoms with van der Waals surface area (Å²) in [5, 5.41) is 27.4. The molecule has 478 valence electrons. The third-order valence-electron chi connectivity index (χ3n) is 16.3. The zero-order valence-electron chi connectivity index (χ0n) is 53.4. The lowest BCUT2D eigenvalue weighted by molar-refractivity contribution is -0.196. The Labute approximate surface area is 510 Å². The van der Waals surface area contributed by atoms with Crippen LogP contribution in [0.15, 0.2) is 73.8 Å². The topological polar surface area (TPSA) is 164 Å². The van der Waals surface area contributed by atoms with Crippen LogP contribution in [0.4, 0.5) is 0 Å². The molecule has 0 amide bonds. The summed E-state index contributed by atoms with van der Waals surface area (Å²) in [4.78, 5) is 52.7. The highest BCUT2D eigenvalue weighted by Crippen LogP contribution is 2.40. The highest BCUT2D eigenvalue weighted by atomic mass is 16.6. The van der Waals surface area contributed by atoms with E-state index in [0.29, 0.717) is 89.3 Å². The minimum atomic E-state index is -1.65. The van der Waals surface area contributed by atoms with Gasteiger partial charge in [-0.2, -0.15) is 0 Å². The molecule has 0 saturated heterocycles. The van der Waals surface area contributed by atoms with Crippen molar-refractivity contribution in [3.63, 3.8) is 0 Å². The SMILES string of the molecule is C=CC(=O)OCCCCCCOc1ccc(C(=O)OC(C(OC(=O)c2ccc(OCCCCCCOC(=O)C=C)cc2)C(O)(CCCCCCCCC)CCCCCCCCC)C(O)(CCCCCCCCC)CCCCCCCCC)cc1. The van der Waals surface area contributed by atoms with Crippen molar-refractivity contribution < 1.29 is 57.8 Å². The van der Waals surface area contributed by atoms with Gasteiger partial charge >= 0.3 is 23.9 Å². The Balaban J connectivity index is 2.69. The third-order valence-corrected chi connectivity index (χ3v) is 16.3. The van der Waals surface area contributed by atoms with Crippen molar-refractivity contribution in [2.75, 3.05) is 26.4 Å². The molecule has 0 fully saturated rings. The second-order valence-corrected chi connectivity index (χ2v) is 23.7. The standard InChI is InChI=1S/C72H118O12/c1-7-13-17-21-25-29-37-53-71(77,54-38-30-26-22-18-14-8-2)67(83-69(75)61-45-49-63(50-46-61)79-57-41-33-35-43-59-81-65(73)11-5)68(72(78,55-39-31-27-23-19-15-9-3)56-40-32-28-24-20-16-10-4)84-70(76)62-47-51-64(52-48-62)80-58-42-34-36-44-60-82-66(74)12-6/h11-12,45-52,67-68,77-78H,5-10,13-44,53-60H2,1-4H3. The maximum absolute atomic E-state index is 15.0. The maximum Gasteiger partial charge on any atom is 0.338 e. The molecule has 0 heterocycles. The zero-order chi connectivity index (χ0) is 61.2. The van der Waals surface area contributed by atoms with E-state index in [1.165, 1.54) is 37.8 Å². The van der Waals surface area contributed by atoms with Gasteiger partial charge < -0.3 is 38.6 Å². The van der Waals surface area contributed by atoms with Crippen LogP contribution in [0.1, 0.15) is 305 Å². The lowest BCUT2D eigenvalue weighted by Gasteiger charge is -2.46. The molecule has 0 aliphatic carbocycles. The zero-order valence-corrected chi connectivity index (χ0v) is 53.4. The molecule has 0 aromatic heterocycles. The van der Waals surface area contributed by atoms with Crippen LogP contribution in [-0.2, 0) is 28.5 Å². The summed E-state index contributed by atoms with van der Waals surface area (Å²) in [5.41, 5.74) is -2.78. The molecule has 2 atom stereocenters. The number of ether oxygens (including phenoxy) is 6. The molecule has 2 aromatic carbocycles. The Bertz CT molecular complexity index is 1800. The highest BCUT2D eigenvalue weighted by molar-refractivity contribution is 5.91. The Morgan fingerprint density at radius 2 is 0.607 bits per heavy atom. The first-order chi connectivity index (χ1) is 40.9. The van der Waals surface area contributed by atoms with E-state index in [-0.39, 0.29) is 11.1 Å².